The van der Waals surface area contributed by atoms with Crippen molar-refractivity contribution in [2.24, 2.45) is 0 Å². The molecule has 2 rings (SSSR count). The van der Waals surface area contributed by atoms with Crippen LogP contribution in [0.1, 0.15) is 5.56 Å². The minimum absolute atomic E-state index is 0.0649. The van der Waals surface area contributed by atoms with Crippen molar-refractivity contribution < 1.29 is 9.66 Å². The number of hydrogen-bond donors (Lipinski definition) is 0. The molecule has 7 heteroatoms. The Labute approximate surface area is 113 Å². The lowest BCUT2D eigenvalue weighted by Gasteiger charge is -2.06. The van der Waals surface area contributed by atoms with Gasteiger partial charge in [0.05, 0.1) is 10.5 Å². The molecule has 0 fully saturated rings. The number of hydrogen-bond acceptors (Lipinski definition) is 5. The molecule has 0 radical (unpaired) electrons. The number of ether oxygens (including phenoxy) is 1. The predicted molar refractivity (Wildman–Crippen MR) is 67.1 cm³/mol. The van der Waals surface area contributed by atoms with Crippen LogP contribution in [0.3, 0.4) is 0 Å². The van der Waals surface area contributed by atoms with Gasteiger partial charge in [-0.1, -0.05) is 23.7 Å². The maximum absolute atomic E-state index is 10.9. The number of pyridine rings is 1. The van der Waals surface area contributed by atoms with Crippen LogP contribution < -0.4 is 4.74 Å². The molecule has 1 heterocycles. The van der Waals surface area contributed by atoms with E-state index in [4.69, 9.17) is 21.6 Å². The van der Waals surface area contributed by atoms with Crippen LogP contribution in [0.15, 0.2) is 36.4 Å². The molecular formula is C12H6ClN3O3. The third kappa shape index (κ3) is 2.78. The summed E-state index contributed by atoms with van der Waals surface area (Å²) >= 11 is 5.68. The highest BCUT2D eigenvalue weighted by Crippen LogP contribution is 2.31. The molecule has 1 aromatic carbocycles. The lowest BCUT2D eigenvalue weighted by Crippen LogP contribution is -1.97. The van der Waals surface area contributed by atoms with Gasteiger partial charge in [0.15, 0.2) is 0 Å². The Balaban J connectivity index is 2.46. The predicted octanol–water partition coefficient (Wildman–Crippen LogP) is 3.31. The van der Waals surface area contributed by atoms with Gasteiger partial charge in [-0.3, -0.25) is 10.1 Å². The SMILES string of the molecule is N#Cc1ccccc1Oc1nc(Cl)ccc1[N+](=O)[O-]. The zero-order chi connectivity index (χ0) is 13.8. The van der Waals surface area contributed by atoms with Gasteiger partial charge in [-0.15, -0.1) is 0 Å². The normalized spacial score (nSPS) is 9.68. The van der Waals surface area contributed by atoms with E-state index in [1.54, 1.807) is 12.1 Å². The molecule has 6 nitrogen and oxygen atoms in total. The van der Waals surface area contributed by atoms with Gasteiger partial charge < -0.3 is 4.74 Å². The summed E-state index contributed by atoms with van der Waals surface area (Å²) in [4.78, 5) is 14.0. The monoisotopic (exact) mass is 275 g/mol. The number of nitriles is 1. The zero-order valence-electron chi connectivity index (χ0n) is 9.41. The molecule has 19 heavy (non-hydrogen) atoms. The fourth-order valence-corrected chi connectivity index (χ4v) is 1.52. The van der Waals surface area contributed by atoms with Crippen LogP contribution in [0.5, 0.6) is 11.6 Å². The number of nitrogens with zero attached hydrogens (tertiary/aromatic N) is 3. The molecule has 0 amide bonds. The molecule has 0 N–H and O–H groups in total. The highest BCUT2D eigenvalue weighted by atomic mass is 35.5. The second-order valence-electron chi connectivity index (χ2n) is 3.43. The van der Waals surface area contributed by atoms with Crippen LogP contribution in [0.4, 0.5) is 5.69 Å². The summed E-state index contributed by atoms with van der Waals surface area (Å²) in [6, 6.07) is 10.8. The summed E-state index contributed by atoms with van der Waals surface area (Å²) in [6.45, 7) is 0. The van der Waals surface area contributed by atoms with E-state index >= 15 is 0 Å². The van der Waals surface area contributed by atoms with Crippen LogP contribution in [0.25, 0.3) is 0 Å². The molecule has 0 aliphatic rings. The van der Waals surface area contributed by atoms with Gasteiger partial charge in [-0.2, -0.15) is 10.2 Å². The largest absolute Gasteiger partial charge is 0.432 e. The Morgan fingerprint density at radius 1 is 1.32 bits per heavy atom. The van der Waals surface area contributed by atoms with Crippen LogP contribution in [-0.2, 0) is 0 Å². The van der Waals surface area contributed by atoms with E-state index < -0.39 is 4.92 Å². The average Bonchev–Trinajstić information content (AvgIpc) is 2.39. The fourth-order valence-electron chi connectivity index (χ4n) is 1.38. The van der Waals surface area contributed by atoms with Crippen LogP contribution in [0.2, 0.25) is 5.15 Å². The van der Waals surface area contributed by atoms with E-state index in [0.717, 1.165) is 0 Å². The summed E-state index contributed by atoms with van der Waals surface area (Å²) in [5.41, 5.74) is -0.0734. The molecule has 0 saturated carbocycles. The summed E-state index contributed by atoms with van der Waals surface area (Å²) in [6.07, 6.45) is 0. The summed E-state index contributed by atoms with van der Waals surface area (Å²) in [5, 5.41) is 19.8. The highest BCUT2D eigenvalue weighted by molar-refractivity contribution is 6.29. The smallest absolute Gasteiger partial charge is 0.331 e. The van der Waals surface area contributed by atoms with Gasteiger partial charge in [0.25, 0.3) is 0 Å². The topological polar surface area (TPSA) is 89.0 Å². The molecule has 94 valence electrons. The minimum atomic E-state index is -0.631. The Bertz CT molecular complexity index is 682. The maximum atomic E-state index is 10.9. The van der Waals surface area contributed by atoms with E-state index in [9.17, 15) is 10.1 Å². The van der Waals surface area contributed by atoms with E-state index in [0.29, 0.717) is 0 Å². The zero-order valence-corrected chi connectivity index (χ0v) is 10.2. The van der Waals surface area contributed by atoms with Crippen LogP contribution in [-0.4, -0.2) is 9.91 Å². The third-order valence-corrected chi connectivity index (χ3v) is 2.43. The molecule has 0 unspecified atom stereocenters. The van der Waals surface area contributed by atoms with E-state index in [1.807, 2.05) is 6.07 Å². The molecular weight excluding hydrogens is 270 g/mol. The lowest BCUT2D eigenvalue weighted by molar-refractivity contribution is -0.386. The Morgan fingerprint density at radius 3 is 2.74 bits per heavy atom. The highest BCUT2D eigenvalue weighted by Gasteiger charge is 2.19. The first kappa shape index (κ1) is 12.8. The summed E-state index contributed by atoms with van der Waals surface area (Å²) in [7, 11) is 0. The fraction of sp³-hybridized carbons (Fsp3) is 0. The first-order chi connectivity index (χ1) is 9.11. The molecule has 0 aliphatic heterocycles. The van der Waals surface area contributed by atoms with Crippen molar-refractivity contribution in [3.05, 3.63) is 57.2 Å². The van der Waals surface area contributed by atoms with E-state index in [-0.39, 0.29) is 28.0 Å². The standard InChI is InChI=1S/C12H6ClN3O3/c13-11-6-5-9(16(17)18)12(15-11)19-10-4-2-1-3-8(10)7-14/h1-6H. The van der Waals surface area contributed by atoms with Crippen molar-refractivity contribution in [3.8, 4) is 17.7 Å². The number of aromatic nitrogens is 1. The van der Waals surface area contributed by atoms with Crippen molar-refractivity contribution in [2.45, 2.75) is 0 Å². The summed E-state index contributed by atoms with van der Waals surface area (Å²) in [5.74, 6) is -0.0666. The van der Waals surface area contributed by atoms with Gasteiger partial charge in [0, 0.05) is 6.07 Å². The minimum Gasteiger partial charge on any atom is -0.432 e. The molecule has 0 spiro atoms. The van der Waals surface area contributed by atoms with Gasteiger partial charge in [0.2, 0.25) is 0 Å². The number of halogens is 1. The summed E-state index contributed by atoms with van der Waals surface area (Å²) < 4.78 is 5.31. The van der Waals surface area contributed by atoms with Crippen molar-refractivity contribution in [1.29, 1.82) is 5.26 Å². The molecule has 0 bridgehead atoms. The molecule has 2 aromatic rings. The maximum Gasteiger partial charge on any atom is 0.331 e. The van der Waals surface area contributed by atoms with E-state index in [2.05, 4.69) is 4.98 Å². The van der Waals surface area contributed by atoms with E-state index in [1.165, 1.54) is 24.3 Å². The third-order valence-electron chi connectivity index (χ3n) is 2.22. The Morgan fingerprint density at radius 2 is 2.05 bits per heavy atom. The molecule has 0 aliphatic carbocycles. The van der Waals surface area contributed by atoms with Crippen molar-refractivity contribution in [3.63, 3.8) is 0 Å². The van der Waals surface area contributed by atoms with Crippen LogP contribution in [0, 0.1) is 21.4 Å². The number of para-hydroxylation sites is 1. The Kier molecular flexibility index (Phi) is 3.59. The van der Waals surface area contributed by atoms with Gasteiger partial charge in [0.1, 0.15) is 17.0 Å². The second kappa shape index (κ2) is 5.33. The molecule has 1 aromatic heterocycles. The van der Waals surface area contributed by atoms with Gasteiger partial charge in [-0.05, 0) is 18.2 Å². The van der Waals surface area contributed by atoms with Crippen LogP contribution >= 0.6 is 11.6 Å². The Hall–Kier alpha value is -2.65. The van der Waals surface area contributed by atoms with Crippen molar-refractivity contribution in [2.75, 3.05) is 0 Å². The molecule has 0 atom stereocenters. The van der Waals surface area contributed by atoms with Gasteiger partial charge >= 0.3 is 11.6 Å². The first-order valence-electron chi connectivity index (χ1n) is 5.09. The number of benzene rings is 1. The van der Waals surface area contributed by atoms with Crippen molar-refractivity contribution >= 4 is 17.3 Å². The average molecular weight is 276 g/mol. The molecule has 0 saturated heterocycles. The number of nitro groups is 1. The van der Waals surface area contributed by atoms with Gasteiger partial charge in [-0.25, -0.2) is 0 Å². The lowest BCUT2D eigenvalue weighted by atomic mass is 10.2. The quantitative estimate of drug-likeness (QED) is 0.487. The number of rotatable bonds is 3. The second-order valence-corrected chi connectivity index (χ2v) is 3.81. The first-order valence-corrected chi connectivity index (χ1v) is 5.47. The van der Waals surface area contributed by atoms with Crippen molar-refractivity contribution in [1.82, 2.24) is 4.98 Å².